The van der Waals surface area contributed by atoms with E-state index in [1.54, 1.807) is 30.1 Å². The van der Waals surface area contributed by atoms with Gasteiger partial charge >= 0.3 is 0 Å². The number of furan rings is 1. The highest BCUT2D eigenvalue weighted by atomic mass is 32.2. The molecular weight excluding hydrogens is 522 g/mol. The molecule has 0 radical (unpaired) electrons. The molecular formula is C31H29N5O3S. The largest absolute Gasteiger partial charge is 0.459 e. The Labute approximate surface area is 236 Å². The van der Waals surface area contributed by atoms with Crippen LogP contribution in [-0.4, -0.2) is 28.3 Å². The molecule has 202 valence electrons. The summed E-state index contributed by atoms with van der Waals surface area (Å²) in [5.41, 5.74) is 5.43. The fraction of sp³-hybridized carbons (Fsp3) is 0.161. The fourth-order valence-corrected chi connectivity index (χ4v) is 5.12. The molecule has 9 heteroatoms. The van der Waals surface area contributed by atoms with Crippen molar-refractivity contribution in [1.82, 2.24) is 15.3 Å². The van der Waals surface area contributed by atoms with Gasteiger partial charge < -0.3 is 20.4 Å². The number of fused-ring (bicyclic) bond motifs is 1. The maximum Gasteiger partial charge on any atom is 0.287 e. The van der Waals surface area contributed by atoms with E-state index in [1.807, 2.05) is 30.3 Å². The first-order valence-electron chi connectivity index (χ1n) is 13.0. The van der Waals surface area contributed by atoms with E-state index in [0.29, 0.717) is 5.69 Å². The summed E-state index contributed by atoms with van der Waals surface area (Å²) in [6, 6.07) is 23.1. The van der Waals surface area contributed by atoms with Gasteiger partial charge in [-0.2, -0.15) is 0 Å². The fourth-order valence-electron chi connectivity index (χ4n) is 4.17. The Bertz CT molecular complexity index is 1650. The van der Waals surface area contributed by atoms with Gasteiger partial charge in [0.25, 0.3) is 5.91 Å². The Morgan fingerprint density at radius 2 is 1.88 bits per heavy atom. The minimum Gasteiger partial charge on any atom is -0.459 e. The van der Waals surface area contributed by atoms with Gasteiger partial charge in [0.1, 0.15) is 0 Å². The summed E-state index contributed by atoms with van der Waals surface area (Å²) < 4.78 is 5.05. The maximum atomic E-state index is 12.4. The Morgan fingerprint density at radius 3 is 2.70 bits per heavy atom. The van der Waals surface area contributed by atoms with Crippen LogP contribution in [0.25, 0.3) is 11.0 Å². The number of hydrogen-bond donors (Lipinski definition) is 3. The van der Waals surface area contributed by atoms with Gasteiger partial charge in [0, 0.05) is 32.8 Å². The summed E-state index contributed by atoms with van der Waals surface area (Å²) >= 11 is 1.59. The average Bonchev–Trinajstić information content (AvgIpc) is 3.49. The number of pyridine rings is 2. The quantitative estimate of drug-likeness (QED) is 0.176. The summed E-state index contributed by atoms with van der Waals surface area (Å²) in [6.07, 6.45) is 5.15. The van der Waals surface area contributed by atoms with Gasteiger partial charge in [0.15, 0.2) is 11.4 Å². The van der Waals surface area contributed by atoms with Gasteiger partial charge in [-0.3, -0.25) is 9.59 Å². The third kappa shape index (κ3) is 6.68. The summed E-state index contributed by atoms with van der Waals surface area (Å²) in [7, 11) is 0. The number of nitrogens with one attached hydrogen (secondary N) is 3. The van der Waals surface area contributed by atoms with Crippen LogP contribution in [0.2, 0.25) is 0 Å². The zero-order chi connectivity index (χ0) is 27.9. The number of carbonyl (C=O) groups is 2. The van der Waals surface area contributed by atoms with Gasteiger partial charge in [-0.25, -0.2) is 9.97 Å². The van der Waals surface area contributed by atoms with E-state index in [4.69, 9.17) is 9.40 Å². The normalized spacial score (nSPS) is 10.8. The average molecular weight is 552 g/mol. The van der Waals surface area contributed by atoms with Crippen LogP contribution in [0.4, 0.5) is 17.1 Å². The molecule has 0 aliphatic rings. The molecule has 0 aliphatic heterocycles. The highest BCUT2D eigenvalue weighted by Crippen LogP contribution is 2.37. The van der Waals surface area contributed by atoms with Crippen LogP contribution in [0, 0.1) is 6.92 Å². The lowest BCUT2D eigenvalue weighted by Gasteiger charge is -2.15. The molecule has 0 aliphatic carbocycles. The minimum absolute atomic E-state index is 0.158. The summed E-state index contributed by atoms with van der Waals surface area (Å²) in [5, 5.41) is 9.95. The highest BCUT2D eigenvalue weighted by Gasteiger charge is 2.12. The predicted octanol–water partition coefficient (Wildman–Crippen LogP) is 6.75. The van der Waals surface area contributed by atoms with Crippen molar-refractivity contribution in [3.63, 3.8) is 0 Å². The van der Waals surface area contributed by atoms with Gasteiger partial charge in [-0.1, -0.05) is 37.2 Å². The number of hydrogen-bond acceptors (Lipinski definition) is 7. The molecule has 40 heavy (non-hydrogen) atoms. The van der Waals surface area contributed by atoms with Gasteiger partial charge in [0.2, 0.25) is 5.91 Å². The molecule has 2 aromatic carbocycles. The third-order valence-electron chi connectivity index (χ3n) is 6.07. The SMILES string of the molecule is CCCc1ccc2c(Nc3cc(C)ccc3Sc3cccc(NC(=O)CNC(=O)c4ccco4)c3)ccnc2n1. The van der Waals surface area contributed by atoms with Crippen molar-refractivity contribution >= 4 is 51.7 Å². The van der Waals surface area contributed by atoms with Gasteiger partial charge in [0.05, 0.1) is 24.2 Å². The lowest BCUT2D eigenvalue weighted by molar-refractivity contribution is -0.115. The van der Waals surface area contributed by atoms with E-state index in [2.05, 4.69) is 65.1 Å². The number of amides is 2. The molecule has 3 N–H and O–H groups in total. The molecule has 0 atom stereocenters. The first kappa shape index (κ1) is 27.0. The minimum atomic E-state index is -0.442. The Hall–Kier alpha value is -4.63. The van der Waals surface area contributed by atoms with E-state index in [0.717, 1.165) is 56.3 Å². The predicted molar refractivity (Wildman–Crippen MR) is 158 cm³/mol. The van der Waals surface area contributed by atoms with Crippen LogP contribution < -0.4 is 16.0 Å². The molecule has 0 spiro atoms. The van der Waals surface area contributed by atoms with Crippen LogP contribution in [0.15, 0.2) is 99.5 Å². The Morgan fingerprint density at radius 1 is 0.975 bits per heavy atom. The van der Waals surface area contributed by atoms with E-state index in [1.165, 1.54) is 6.26 Å². The smallest absolute Gasteiger partial charge is 0.287 e. The van der Waals surface area contributed by atoms with Crippen molar-refractivity contribution in [3.8, 4) is 0 Å². The molecule has 0 bridgehead atoms. The molecule has 5 rings (SSSR count). The maximum absolute atomic E-state index is 12.4. The van der Waals surface area contributed by atoms with Crippen molar-refractivity contribution in [1.29, 1.82) is 0 Å². The number of rotatable bonds is 10. The molecule has 0 saturated heterocycles. The van der Waals surface area contributed by atoms with Crippen molar-refractivity contribution in [2.24, 2.45) is 0 Å². The number of aromatic nitrogens is 2. The molecule has 5 aromatic rings. The van der Waals surface area contributed by atoms with Crippen LogP contribution in [-0.2, 0) is 11.2 Å². The van der Waals surface area contributed by atoms with Crippen LogP contribution in [0.3, 0.4) is 0 Å². The number of aryl methyl sites for hydroxylation is 2. The molecule has 8 nitrogen and oxygen atoms in total. The van der Waals surface area contributed by atoms with Crippen molar-refractivity contribution < 1.29 is 14.0 Å². The number of carbonyl (C=O) groups excluding carboxylic acids is 2. The topological polar surface area (TPSA) is 109 Å². The van der Waals surface area contributed by atoms with Crippen molar-refractivity contribution in [3.05, 3.63) is 102 Å². The number of anilines is 3. The van der Waals surface area contributed by atoms with Gasteiger partial charge in [-0.05, 0) is 79.6 Å². The molecule has 0 unspecified atom stereocenters. The lowest BCUT2D eigenvalue weighted by atomic mass is 10.1. The van der Waals surface area contributed by atoms with Crippen LogP contribution in [0.1, 0.15) is 35.2 Å². The van der Waals surface area contributed by atoms with Gasteiger partial charge in [-0.15, -0.1) is 0 Å². The molecule has 0 saturated carbocycles. The van der Waals surface area contributed by atoms with E-state index < -0.39 is 5.91 Å². The Kier molecular flexibility index (Phi) is 8.41. The molecule has 3 heterocycles. The molecule has 0 fully saturated rings. The zero-order valence-corrected chi connectivity index (χ0v) is 23.0. The second kappa shape index (κ2) is 12.5. The first-order chi connectivity index (χ1) is 19.5. The monoisotopic (exact) mass is 551 g/mol. The number of nitrogens with zero attached hydrogens (tertiary/aromatic N) is 2. The third-order valence-corrected chi connectivity index (χ3v) is 7.14. The lowest BCUT2D eigenvalue weighted by Crippen LogP contribution is -2.32. The molecule has 3 aromatic heterocycles. The second-order valence-corrected chi connectivity index (χ2v) is 10.4. The first-order valence-corrected chi connectivity index (χ1v) is 13.8. The standard InChI is InChI=1S/C31H29N5O3S/c1-3-6-21-11-12-24-25(14-15-32-30(24)35-21)36-26-17-20(2)10-13-28(26)40-23-8-4-7-22(18-23)34-29(37)19-33-31(38)27-9-5-16-39-27/h4-5,7-18H,3,6,19H2,1-2H3,(H,33,38)(H,34,37)(H,32,35,36). The van der Waals surface area contributed by atoms with E-state index >= 15 is 0 Å². The highest BCUT2D eigenvalue weighted by molar-refractivity contribution is 7.99. The second-order valence-electron chi connectivity index (χ2n) is 9.24. The van der Waals surface area contributed by atoms with E-state index in [-0.39, 0.29) is 18.2 Å². The molecule has 2 amide bonds. The Balaban J connectivity index is 1.30. The summed E-state index contributed by atoms with van der Waals surface area (Å²) in [4.78, 5) is 35.6. The summed E-state index contributed by atoms with van der Waals surface area (Å²) in [6.45, 7) is 4.03. The van der Waals surface area contributed by atoms with Crippen LogP contribution >= 0.6 is 11.8 Å². The summed E-state index contributed by atoms with van der Waals surface area (Å²) in [5.74, 6) is -0.617. The zero-order valence-electron chi connectivity index (χ0n) is 22.2. The number of benzene rings is 2. The van der Waals surface area contributed by atoms with Crippen molar-refractivity contribution in [2.75, 3.05) is 17.2 Å². The van der Waals surface area contributed by atoms with E-state index in [9.17, 15) is 9.59 Å². The van der Waals surface area contributed by atoms with Crippen molar-refractivity contribution in [2.45, 2.75) is 36.5 Å². The van der Waals surface area contributed by atoms with Crippen LogP contribution in [0.5, 0.6) is 0 Å².